The minimum atomic E-state index is -1.87. The zero-order valence-electron chi connectivity index (χ0n) is 10.3. The standard InChI is InChI=1S/C12H22OSi2/c1-7-9-11-15(6,12-10-8-2)13-14(3,4)5/h7-12H,1-2H2,3-6H3. The van der Waals surface area contributed by atoms with Crippen LogP contribution in [0.5, 0.6) is 0 Å². The van der Waals surface area contributed by atoms with Crippen LogP contribution < -0.4 is 0 Å². The lowest BCUT2D eigenvalue weighted by Gasteiger charge is -2.29. The van der Waals surface area contributed by atoms with E-state index >= 15 is 0 Å². The summed E-state index contributed by atoms with van der Waals surface area (Å²) in [6.45, 7) is 16.2. The smallest absolute Gasteiger partial charge is 0.227 e. The van der Waals surface area contributed by atoms with Gasteiger partial charge in [-0.15, -0.1) is 0 Å². The van der Waals surface area contributed by atoms with E-state index in [1.165, 1.54) is 0 Å². The first-order chi connectivity index (χ1) is 6.83. The van der Waals surface area contributed by atoms with Gasteiger partial charge in [0.25, 0.3) is 0 Å². The average molecular weight is 238 g/mol. The Morgan fingerprint density at radius 2 is 1.27 bits per heavy atom. The molecule has 0 N–H and O–H groups in total. The zero-order valence-corrected chi connectivity index (χ0v) is 12.3. The Morgan fingerprint density at radius 3 is 1.53 bits per heavy atom. The summed E-state index contributed by atoms with van der Waals surface area (Å²) in [6, 6.07) is 0. The van der Waals surface area contributed by atoms with Crippen molar-refractivity contribution in [3.05, 3.63) is 48.9 Å². The Kier molecular flexibility index (Phi) is 5.79. The molecule has 0 aliphatic rings. The monoisotopic (exact) mass is 238 g/mol. The summed E-state index contributed by atoms with van der Waals surface area (Å²) in [4.78, 5) is 0. The maximum absolute atomic E-state index is 6.24. The van der Waals surface area contributed by atoms with Gasteiger partial charge in [0.2, 0.25) is 8.32 Å². The molecule has 0 unspecified atom stereocenters. The molecule has 0 aliphatic carbocycles. The van der Waals surface area contributed by atoms with E-state index < -0.39 is 16.6 Å². The van der Waals surface area contributed by atoms with Gasteiger partial charge in [0, 0.05) is 0 Å². The molecule has 0 amide bonds. The van der Waals surface area contributed by atoms with Crippen LogP contribution in [0.15, 0.2) is 48.9 Å². The molecule has 0 aliphatic heterocycles. The van der Waals surface area contributed by atoms with Gasteiger partial charge in [-0.25, -0.2) is 0 Å². The SMILES string of the molecule is C=CC=C[Si](C)(C=CC=C)O[Si](C)(C)C. The molecule has 0 bridgehead atoms. The fourth-order valence-electron chi connectivity index (χ4n) is 1.30. The van der Waals surface area contributed by atoms with Crippen LogP contribution in [0, 0.1) is 0 Å². The predicted molar refractivity (Wildman–Crippen MR) is 74.7 cm³/mol. The summed E-state index contributed by atoms with van der Waals surface area (Å²) in [5, 5.41) is 0. The number of allylic oxidation sites excluding steroid dienone is 4. The summed E-state index contributed by atoms with van der Waals surface area (Å²) >= 11 is 0. The van der Waals surface area contributed by atoms with Crippen LogP contribution in [0.4, 0.5) is 0 Å². The first-order valence-electron chi connectivity index (χ1n) is 5.14. The fraction of sp³-hybridized carbons (Fsp3) is 0.333. The van der Waals surface area contributed by atoms with Crippen molar-refractivity contribution in [2.45, 2.75) is 26.2 Å². The lowest BCUT2D eigenvalue weighted by Crippen LogP contribution is -2.42. The van der Waals surface area contributed by atoms with Gasteiger partial charge in [0.1, 0.15) is 0 Å². The maximum Gasteiger partial charge on any atom is 0.227 e. The van der Waals surface area contributed by atoms with Gasteiger partial charge in [-0.05, 0) is 26.2 Å². The second-order valence-corrected chi connectivity index (χ2v) is 12.7. The molecule has 0 spiro atoms. The van der Waals surface area contributed by atoms with Gasteiger partial charge in [-0.2, -0.15) is 0 Å². The second kappa shape index (κ2) is 6.05. The molecule has 0 aromatic carbocycles. The molecule has 0 heterocycles. The average Bonchev–Trinajstić information content (AvgIpc) is 2.09. The van der Waals surface area contributed by atoms with E-state index in [0.717, 1.165) is 0 Å². The van der Waals surface area contributed by atoms with Crippen LogP contribution in [0.2, 0.25) is 26.2 Å². The summed E-state index contributed by atoms with van der Waals surface area (Å²) in [7, 11) is -3.37. The van der Waals surface area contributed by atoms with Crippen LogP contribution >= 0.6 is 0 Å². The van der Waals surface area contributed by atoms with Crippen molar-refractivity contribution in [1.29, 1.82) is 0 Å². The van der Waals surface area contributed by atoms with E-state index in [2.05, 4.69) is 50.7 Å². The Bertz CT molecular complexity index is 254. The third-order valence-electron chi connectivity index (χ3n) is 1.65. The Labute approximate surface area is 96.1 Å². The second-order valence-electron chi connectivity index (χ2n) is 4.59. The zero-order chi connectivity index (χ0) is 11.9. The van der Waals surface area contributed by atoms with Crippen LogP contribution in [0.1, 0.15) is 0 Å². The Hall–Kier alpha value is -0.646. The van der Waals surface area contributed by atoms with Crippen LogP contribution in [-0.2, 0) is 4.12 Å². The summed E-state index contributed by atoms with van der Waals surface area (Å²) in [5.74, 6) is 0. The van der Waals surface area contributed by atoms with E-state index in [1.807, 2.05) is 12.2 Å². The lowest BCUT2D eigenvalue weighted by atomic mass is 10.6. The van der Waals surface area contributed by atoms with E-state index in [9.17, 15) is 0 Å². The molecule has 0 fully saturated rings. The summed E-state index contributed by atoms with van der Waals surface area (Å²) < 4.78 is 6.24. The molecule has 0 aromatic heterocycles. The molecule has 84 valence electrons. The van der Waals surface area contributed by atoms with Crippen molar-refractivity contribution in [1.82, 2.24) is 0 Å². The number of hydrogen-bond donors (Lipinski definition) is 0. The molecule has 1 nitrogen and oxygen atoms in total. The van der Waals surface area contributed by atoms with Gasteiger partial charge in [0.05, 0.1) is 0 Å². The van der Waals surface area contributed by atoms with Crippen molar-refractivity contribution in [2.75, 3.05) is 0 Å². The highest BCUT2D eigenvalue weighted by molar-refractivity contribution is 6.90. The third-order valence-corrected chi connectivity index (χ3v) is 7.57. The molecule has 0 saturated carbocycles. The third kappa shape index (κ3) is 7.30. The van der Waals surface area contributed by atoms with Crippen LogP contribution in [0.3, 0.4) is 0 Å². The van der Waals surface area contributed by atoms with Crippen LogP contribution in [0.25, 0.3) is 0 Å². The van der Waals surface area contributed by atoms with Crippen molar-refractivity contribution >= 4 is 16.6 Å². The fourth-order valence-corrected chi connectivity index (χ4v) is 8.27. The molecule has 0 aromatic rings. The lowest BCUT2D eigenvalue weighted by molar-refractivity contribution is 0.570. The molecule has 15 heavy (non-hydrogen) atoms. The molecule has 0 radical (unpaired) electrons. The van der Waals surface area contributed by atoms with E-state index in [0.29, 0.717) is 0 Å². The molecule has 0 rings (SSSR count). The largest absolute Gasteiger partial charge is 0.450 e. The molecular formula is C12H22OSi2. The quantitative estimate of drug-likeness (QED) is 0.502. The summed E-state index contributed by atoms with van der Waals surface area (Å²) in [5.41, 5.74) is 4.30. The highest BCUT2D eigenvalue weighted by Gasteiger charge is 2.29. The Balaban J connectivity index is 4.84. The first-order valence-corrected chi connectivity index (χ1v) is 11.1. The van der Waals surface area contributed by atoms with Crippen LogP contribution in [-0.4, -0.2) is 16.6 Å². The minimum Gasteiger partial charge on any atom is -0.450 e. The number of rotatable bonds is 6. The Morgan fingerprint density at radius 1 is 0.867 bits per heavy atom. The van der Waals surface area contributed by atoms with Gasteiger partial charge in [-0.1, -0.05) is 48.9 Å². The van der Waals surface area contributed by atoms with Crippen molar-refractivity contribution in [2.24, 2.45) is 0 Å². The van der Waals surface area contributed by atoms with E-state index in [-0.39, 0.29) is 0 Å². The maximum atomic E-state index is 6.24. The van der Waals surface area contributed by atoms with Gasteiger partial charge >= 0.3 is 0 Å². The highest BCUT2D eigenvalue weighted by Crippen LogP contribution is 2.17. The molecule has 0 atom stereocenters. The normalized spacial score (nSPS) is 16.8. The van der Waals surface area contributed by atoms with Gasteiger partial charge in [0.15, 0.2) is 8.32 Å². The highest BCUT2D eigenvalue weighted by atomic mass is 28.4. The number of hydrogen-bond acceptors (Lipinski definition) is 1. The van der Waals surface area contributed by atoms with Crippen molar-refractivity contribution in [3.8, 4) is 0 Å². The van der Waals surface area contributed by atoms with Gasteiger partial charge in [-0.3, -0.25) is 0 Å². The van der Waals surface area contributed by atoms with E-state index in [1.54, 1.807) is 12.2 Å². The predicted octanol–water partition coefficient (Wildman–Crippen LogP) is 3.98. The summed E-state index contributed by atoms with van der Waals surface area (Å²) in [6.07, 6.45) is 7.53. The van der Waals surface area contributed by atoms with E-state index in [4.69, 9.17) is 4.12 Å². The molecular weight excluding hydrogens is 216 g/mol. The molecule has 3 heteroatoms. The van der Waals surface area contributed by atoms with Crippen molar-refractivity contribution < 1.29 is 4.12 Å². The van der Waals surface area contributed by atoms with Crippen molar-refractivity contribution in [3.63, 3.8) is 0 Å². The minimum absolute atomic E-state index is 1.50. The van der Waals surface area contributed by atoms with Gasteiger partial charge < -0.3 is 4.12 Å². The topological polar surface area (TPSA) is 9.23 Å². The molecule has 0 saturated heterocycles. The first kappa shape index (κ1) is 14.4.